The summed E-state index contributed by atoms with van der Waals surface area (Å²) in [6.45, 7) is 5.18. The summed E-state index contributed by atoms with van der Waals surface area (Å²) in [6, 6.07) is 3.44. The Morgan fingerprint density at radius 1 is 1.63 bits per heavy atom. The van der Waals surface area contributed by atoms with Crippen molar-refractivity contribution in [3.05, 3.63) is 23.7 Å². The minimum absolute atomic E-state index is 0.0191. The van der Waals surface area contributed by atoms with Crippen molar-refractivity contribution in [2.75, 3.05) is 26.7 Å². The first kappa shape index (κ1) is 14.1. The van der Waals surface area contributed by atoms with Crippen LogP contribution in [0, 0.1) is 5.92 Å². The molecule has 0 bridgehead atoms. The first-order valence-electron chi connectivity index (χ1n) is 6.83. The van der Waals surface area contributed by atoms with Gasteiger partial charge in [0.05, 0.1) is 6.04 Å². The van der Waals surface area contributed by atoms with Crippen molar-refractivity contribution >= 4 is 5.97 Å². The highest BCUT2D eigenvalue weighted by Gasteiger charge is 2.26. The van der Waals surface area contributed by atoms with E-state index < -0.39 is 5.97 Å². The molecule has 1 aromatic heterocycles. The second-order valence-electron chi connectivity index (χ2n) is 5.24. The Labute approximate surface area is 113 Å². The van der Waals surface area contributed by atoms with Gasteiger partial charge in [0, 0.05) is 6.54 Å². The summed E-state index contributed by atoms with van der Waals surface area (Å²) >= 11 is 0. The molecule has 1 fully saturated rings. The number of furan rings is 1. The van der Waals surface area contributed by atoms with Gasteiger partial charge in [-0.1, -0.05) is 0 Å². The van der Waals surface area contributed by atoms with E-state index in [9.17, 15) is 4.79 Å². The van der Waals surface area contributed by atoms with Crippen molar-refractivity contribution in [3.63, 3.8) is 0 Å². The predicted molar refractivity (Wildman–Crippen MR) is 72.3 cm³/mol. The molecule has 2 rings (SSSR count). The van der Waals surface area contributed by atoms with Gasteiger partial charge in [0.1, 0.15) is 5.76 Å². The third-order valence-corrected chi connectivity index (χ3v) is 3.84. The van der Waals surface area contributed by atoms with E-state index in [4.69, 9.17) is 9.52 Å². The highest BCUT2D eigenvalue weighted by molar-refractivity contribution is 5.84. The van der Waals surface area contributed by atoms with Crippen molar-refractivity contribution in [3.8, 4) is 0 Å². The molecule has 2 heterocycles. The van der Waals surface area contributed by atoms with Gasteiger partial charge >= 0.3 is 5.97 Å². The van der Waals surface area contributed by atoms with E-state index in [-0.39, 0.29) is 11.8 Å². The second kappa shape index (κ2) is 6.21. The molecule has 0 radical (unpaired) electrons. The Balaban J connectivity index is 2.01. The van der Waals surface area contributed by atoms with Crippen LogP contribution in [0.2, 0.25) is 0 Å². The van der Waals surface area contributed by atoms with Gasteiger partial charge in [-0.05, 0) is 58.0 Å². The molecule has 1 saturated heterocycles. The van der Waals surface area contributed by atoms with Gasteiger partial charge in [-0.15, -0.1) is 0 Å². The molecule has 0 amide bonds. The largest absolute Gasteiger partial charge is 0.475 e. The number of nitrogens with zero attached hydrogens (tertiary/aromatic N) is 1. The fraction of sp³-hybridized carbons (Fsp3) is 0.643. The molecule has 1 aliphatic rings. The van der Waals surface area contributed by atoms with Crippen LogP contribution in [0.5, 0.6) is 0 Å². The fourth-order valence-corrected chi connectivity index (χ4v) is 2.78. The van der Waals surface area contributed by atoms with Gasteiger partial charge < -0.3 is 14.8 Å². The minimum atomic E-state index is -1.01. The van der Waals surface area contributed by atoms with Gasteiger partial charge in [-0.25, -0.2) is 4.79 Å². The van der Waals surface area contributed by atoms with Crippen LogP contribution in [0.3, 0.4) is 0 Å². The molecule has 5 heteroatoms. The van der Waals surface area contributed by atoms with Gasteiger partial charge in [0.25, 0.3) is 0 Å². The number of nitrogens with one attached hydrogen (secondary N) is 1. The number of hydrogen-bond donors (Lipinski definition) is 2. The standard InChI is InChI=1S/C14H22N2O3/c1-10(12-5-6-13(19-12)14(17)18)16-7-3-4-11(9-16)8-15-2/h5-6,10-11,15H,3-4,7-9H2,1-2H3,(H,17,18). The van der Waals surface area contributed by atoms with Gasteiger partial charge in [-0.3, -0.25) is 4.90 Å². The summed E-state index contributed by atoms with van der Waals surface area (Å²) in [7, 11) is 1.98. The Hall–Kier alpha value is -1.33. The molecular weight excluding hydrogens is 244 g/mol. The lowest BCUT2D eigenvalue weighted by Crippen LogP contribution is -2.40. The molecule has 2 N–H and O–H groups in total. The maximum Gasteiger partial charge on any atom is 0.371 e. The van der Waals surface area contributed by atoms with Gasteiger partial charge in [-0.2, -0.15) is 0 Å². The zero-order valence-electron chi connectivity index (χ0n) is 11.6. The first-order chi connectivity index (χ1) is 9.11. The van der Waals surface area contributed by atoms with Gasteiger partial charge in [0.15, 0.2) is 0 Å². The number of likely N-dealkylation sites (tertiary alicyclic amines) is 1. The maximum atomic E-state index is 10.8. The number of piperidine rings is 1. The third-order valence-electron chi connectivity index (χ3n) is 3.84. The highest BCUT2D eigenvalue weighted by atomic mass is 16.4. The van der Waals surface area contributed by atoms with Crippen LogP contribution in [0.1, 0.15) is 42.1 Å². The molecule has 2 unspecified atom stereocenters. The van der Waals surface area contributed by atoms with E-state index in [0.29, 0.717) is 5.92 Å². The zero-order valence-corrected chi connectivity index (χ0v) is 11.6. The molecule has 19 heavy (non-hydrogen) atoms. The third kappa shape index (κ3) is 3.36. The lowest BCUT2D eigenvalue weighted by atomic mass is 9.96. The monoisotopic (exact) mass is 266 g/mol. The van der Waals surface area contributed by atoms with Crippen molar-refractivity contribution in [2.45, 2.75) is 25.8 Å². The number of carbonyl (C=O) groups is 1. The summed E-state index contributed by atoms with van der Waals surface area (Å²) < 4.78 is 5.40. The van der Waals surface area contributed by atoms with Crippen molar-refractivity contribution in [2.24, 2.45) is 5.92 Å². The zero-order chi connectivity index (χ0) is 13.8. The van der Waals surface area contributed by atoms with Crippen LogP contribution in [0.15, 0.2) is 16.5 Å². The van der Waals surface area contributed by atoms with E-state index >= 15 is 0 Å². The van der Waals surface area contributed by atoms with Crippen LogP contribution in [-0.2, 0) is 0 Å². The number of carboxylic acid groups (broad SMARTS) is 1. The predicted octanol–water partition coefficient (Wildman–Crippen LogP) is 1.97. The van der Waals surface area contributed by atoms with E-state index in [1.165, 1.54) is 18.9 Å². The normalized spacial score (nSPS) is 22.3. The topological polar surface area (TPSA) is 65.7 Å². The Morgan fingerprint density at radius 3 is 3.05 bits per heavy atom. The Morgan fingerprint density at radius 2 is 2.42 bits per heavy atom. The van der Waals surface area contributed by atoms with Crippen molar-refractivity contribution < 1.29 is 14.3 Å². The molecule has 1 aliphatic heterocycles. The summed E-state index contributed by atoms with van der Waals surface area (Å²) in [5.41, 5.74) is 0. The average molecular weight is 266 g/mol. The minimum Gasteiger partial charge on any atom is -0.475 e. The van der Waals surface area contributed by atoms with E-state index in [0.717, 1.165) is 25.4 Å². The lowest BCUT2D eigenvalue weighted by molar-refractivity contribution is 0.0651. The molecular formula is C14H22N2O3. The Kier molecular flexibility index (Phi) is 4.61. The van der Waals surface area contributed by atoms with E-state index in [2.05, 4.69) is 17.1 Å². The summed E-state index contributed by atoms with van der Waals surface area (Å²) in [5, 5.41) is 12.1. The first-order valence-corrected chi connectivity index (χ1v) is 6.83. The molecule has 2 atom stereocenters. The molecule has 0 aliphatic carbocycles. The van der Waals surface area contributed by atoms with Crippen LogP contribution >= 0.6 is 0 Å². The van der Waals surface area contributed by atoms with E-state index in [1.807, 2.05) is 7.05 Å². The highest BCUT2D eigenvalue weighted by Crippen LogP contribution is 2.27. The molecule has 0 aromatic carbocycles. The van der Waals surface area contributed by atoms with Crippen molar-refractivity contribution in [1.29, 1.82) is 0 Å². The molecule has 106 valence electrons. The van der Waals surface area contributed by atoms with Crippen molar-refractivity contribution in [1.82, 2.24) is 10.2 Å². The average Bonchev–Trinajstić information content (AvgIpc) is 2.88. The Bertz CT molecular complexity index is 428. The van der Waals surface area contributed by atoms with E-state index in [1.54, 1.807) is 6.07 Å². The van der Waals surface area contributed by atoms with Crippen LogP contribution in [-0.4, -0.2) is 42.7 Å². The quantitative estimate of drug-likeness (QED) is 0.853. The lowest BCUT2D eigenvalue weighted by Gasteiger charge is -2.36. The fourth-order valence-electron chi connectivity index (χ4n) is 2.78. The molecule has 0 spiro atoms. The molecule has 1 aromatic rings. The number of carboxylic acids is 1. The number of rotatable bonds is 5. The summed E-state index contributed by atoms with van der Waals surface area (Å²) in [6.07, 6.45) is 2.44. The molecule has 5 nitrogen and oxygen atoms in total. The van der Waals surface area contributed by atoms with Crippen LogP contribution < -0.4 is 5.32 Å². The smallest absolute Gasteiger partial charge is 0.371 e. The number of hydrogen-bond acceptors (Lipinski definition) is 4. The summed E-state index contributed by atoms with van der Waals surface area (Å²) in [4.78, 5) is 13.2. The number of aromatic carboxylic acids is 1. The molecule has 0 saturated carbocycles. The maximum absolute atomic E-state index is 10.8. The second-order valence-corrected chi connectivity index (χ2v) is 5.24. The summed E-state index contributed by atoms with van der Waals surface area (Å²) in [5.74, 6) is 0.411. The van der Waals surface area contributed by atoms with Crippen LogP contribution in [0.4, 0.5) is 0 Å². The van der Waals surface area contributed by atoms with Gasteiger partial charge in [0.2, 0.25) is 5.76 Å². The van der Waals surface area contributed by atoms with Crippen LogP contribution in [0.25, 0.3) is 0 Å². The SMILES string of the molecule is CNCC1CCCN(C(C)c2ccc(C(=O)O)o2)C1.